The number of anilines is 1. The van der Waals surface area contributed by atoms with Gasteiger partial charge >= 0.3 is 0 Å². The molecule has 0 saturated heterocycles. The van der Waals surface area contributed by atoms with Crippen molar-refractivity contribution in [3.63, 3.8) is 0 Å². The largest absolute Gasteiger partial charge is 0.496 e. The quantitative estimate of drug-likeness (QED) is 0.211. The highest BCUT2D eigenvalue weighted by Gasteiger charge is 2.16. The SMILES string of the molecule is COc1ccc(C(=O)CCC(=O)Nc2cc(-c3ccccc3)c(Cc3ccccc3)s2)cc1CCCO. The molecular weight excluding hydrogens is 482 g/mol. The standard InChI is InChI=1S/C31H31NO4S/c1-36-28-16-14-24(20-25(28)13-8-18-33)27(34)15-17-30(35)32-31-21-26(23-11-6-3-7-12-23)29(37-31)19-22-9-4-2-5-10-22/h2-7,9-12,14,16,20-21,33H,8,13,15,17-19H2,1H3,(H,32,35). The summed E-state index contributed by atoms with van der Waals surface area (Å²) in [7, 11) is 1.59. The predicted molar refractivity (Wildman–Crippen MR) is 150 cm³/mol. The van der Waals surface area contributed by atoms with Gasteiger partial charge in [0.25, 0.3) is 0 Å². The molecule has 6 heteroatoms. The van der Waals surface area contributed by atoms with E-state index in [1.54, 1.807) is 36.6 Å². The molecule has 3 aromatic carbocycles. The average molecular weight is 514 g/mol. The van der Waals surface area contributed by atoms with Crippen molar-refractivity contribution in [2.75, 3.05) is 19.0 Å². The highest BCUT2D eigenvalue weighted by molar-refractivity contribution is 7.16. The minimum Gasteiger partial charge on any atom is -0.496 e. The zero-order valence-corrected chi connectivity index (χ0v) is 21.7. The van der Waals surface area contributed by atoms with Crippen molar-refractivity contribution in [3.05, 3.63) is 106 Å². The number of aliphatic hydroxyl groups excluding tert-OH is 1. The van der Waals surface area contributed by atoms with Gasteiger partial charge in [0.05, 0.1) is 12.1 Å². The number of hydrogen-bond acceptors (Lipinski definition) is 5. The lowest BCUT2D eigenvalue weighted by molar-refractivity contribution is -0.116. The maximum Gasteiger partial charge on any atom is 0.225 e. The summed E-state index contributed by atoms with van der Waals surface area (Å²) >= 11 is 1.57. The van der Waals surface area contributed by atoms with Crippen LogP contribution >= 0.6 is 11.3 Å². The van der Waals surface area contributed by atoms with E-state index in [1.165, 1.54) is 10.4 Å². The molecule has 0 fully saturated rings. The van der Waals surface area contributed by atoms with Crippen LogP contribution in [-0.2, 0) is 17.6 Å². The molecule has 1 amide bonds. The van der Waals surface area contributed by atoms with E-state index in [-0.39, 0.29) is 31.1 Å². The lowest BCUT2D eigenvalue weighted by Gasteiger charge is -2.10. The molecular formula is C31H31NO4S. The Morgan fingerprint density at radius 1 is 0.919 bits per heavy atom. The first-order valence-corrected chi connectivity index (χ1v) is 13.2. The van der Waals surface area contributed by atoms with E-state index in [1.807, 2.05) is 42.5 Å². The molecule has 1 heterocycles. The number of carbonyl (C=O) groups is 2. The molecule has 0 spiro atoms. The summed E-state index contributed by atoms with van der Waals surface area (Å²) in [4.78, 5) is 26.8. The molecule has 0 bridgehead atoms. The number of thiophene rings is 1. The monoisotopic (exact) mass is 513 g/mol. The number of aryl methyl sites for hydroxylation is 1. The summed E-state index contributed by atoms with van der Waals surface area (Å²) in [5, 5.41) is 12.9. The predicted octanol–water partition coefficient (Wildman–Crippen LogP) is 6.54. The second-order valence-corrected chi connectivity index (χ2v) is 9.94. The van der Waals surface area contributed by atoms with Crippen molar-refractivity contribution in [1.82, 2.24) is 0 Å². The third-order valence-electron chi connectivity index (χ3n) is 6.15. The van der Waals surface area contributed by atoms with Gasteiger partial charge in [0, 0.05) is 36.3 Å². The molecule has 0 unspecified atom stereocenters. The fraction of sp³-hybridized carbons (Fsp3) is 0.226. The Hall–Kier alpha value is -3.74. The van der Waals surface area contributed by atoms with Gasteiger partial charge in [-0.2, -0.15) is 0 Å². The zero-order chi connectivity index (χ0) is 26.0. The summed E-state index contributed by atoms with van der Waals surface area (Å²) in [5.41, 5.74) is 4.85. The van der Waals surface area contributed by atoms with Crippen LogP contribution in [0.15, 0.2) is 84.9 Å². The summed E-state index contributed by atoms with van der Waals surface area (Å²) in [5.74, 6) is 0.416. The van der Waals surface area contributed by atoms with Crippen LogP contribution in [0.25, 0.3) is 11.1 Å². The van der Waals surface area contributed by atoms with Crippen molar-refractivity contribution >= 4 is 28.0 Å². The van der Waals surface area contributed by atoms with Crippen molar-refractivity contribution in [2.45, 2.75) is 32.1 Å². The maximum atomic E-state index is 12.8. The number of Topliss-reactive ketones (excluding diaryl/α,β-unsaturated/α-hetero) is 1. The van der Waals surface area contributed by atoms with E-state index >= 15 is 0 Å². The van der Waals surface area contributed by atoms with Gasteiger partial charge in [0.15, 0.2) is 5.78 Å². The van der Waals surface area contributed by atoms with Gasteiger partial charge in [-0.15, -0.1) is 11.3 Å². The van der Waals surface area contributed by atoms with Crippen molar-refractivity contribution in [3.8, 4) is 16.9 Å². The van der Waals surface area contributed by atoms with E-state index in [0.717, 1.165) is 28.1 Å². The van der Waals surface area contributed by atoms with Gasteiger partial charge in [0.1, 0.15) is 5.75 Å². The molecule has 0 radical (unpaired) electrons. The number of aliphatic hydroxyl groups is 1. The molecule has 37 heavy (non-hydrogen) atoms. The van der Waals surface area contributed by atoms with Gasteiger partial charge < -0.3 is 15.2 Å². The molecule has 4 aromatic rings. The maximum absolute atomic E-state index is 12.8. The average Bonchev–Trinajstić information content (AvgIpc) is 3.33. The number of amides is 1. The first kappa shape index (κ1) is 26.3. The Balaban J connectivity index is 1.43. The van der Waals surface area contributed by atoms with Gasteiger partial charge in [-0.1, -0.05) is 60.7 Å². The summed E-state index contributed by atoms with van der Waals surface area (Å²) < 4.78 is 5.37. The summed E-state index contributed by atoms with van der Waals surface area (Å²) in [6.45, 7) is 0.0727. The second-order valence-electron chi connectivity index (χ2n) is 8.80. The van der Waals surface area contributed by atoms with E-state index in [0.29, 0.717) is 24.2 Å². The van der Waals surface area contributed by atoms with Crippen molar-refractivity contribution in [1.29, 1.82) is 0 Å². The lowest BCUT2D eigenvalue weighted by atomic mass is 10.0. The van der Waals surface area contributed by atoms with Gasteiger partial charge in [-0.3, -0.25) is 9.59 Å². The Kier molecular flexibility index (Phi) is 9.24. The first-order valence-electron chi connectivity index (χ1n) is 12.4. The number of methoxy groups -OCH3 is 1. The summed E-state index contributed by atoms with van der Waals surface area (Å²) in [6, 6.07) is 27.8. The summed E-state index contributed by atoms with van der Waals surface area (Å²) in [6.07, 6.45) is 2.21. The van der Waals surface area contributed by atoms with Gasteiger partial charge in [-0.05, 0) is 59.4 Å². The normalized spacial score (nSPS) is 10.8. The Morgan fingerprint density at radius 3 is 2.35 bits per heavy atom. The molecule has 5 nitrogen and oxygen atoms in total. The van der Waals surface area contributed by atoms with Crippen LogP contribution in [0.1, 0.15) is 45.6 Å². The Morgan fingerprint density at radius 2 is 1.65 bits per heavy atom. The van der Waals surface area contributed by atoms with E-state index < -0.39 is 0 Å². The Labute approximate surface area is 221 Å². The zero-order valence-electron chi connectivity index (χ0n) is 20.9. The van der Waals surface area contributed by atoms with Crippen LogP contribution in [0.4, 0.5) is 5.00 Å². The molecule has 190 valence electrons. The van der Waals surface area contributed by atoms with Crippen LogP contribution in [-0.4, -0.2) is 30.5 Å². The van der Waals surface area contributed by atoms with E-state index in [2.05, 4.69) is 29.6 Å². The molecule has 0 saturated carbocycles. The van der Waals surface area contributed by atoms with Crippen LogP contribution in [0.2, 0.25) is 0 Å². The van der Waals surface area contributed by atoms with Gasteiger partial charge in [-0.25, -0.2) is 0 Å². The lowest BCUT2D eigenvalue weighted by Crippen LogP contribution is -2.13. The Bertz CT molecular complexity index is 1330. The topological polar surface area (TPSA) is 75.6 Å². The molecule has 0 atom stereocenters. The van der Waals surface area contributed by atoms with Crippen LogP contribution in [0.3, 0.4) is 0 Å². The molecule has 4 rings (SSSR count). The number of carbonyl (C=O) groups excluding carboxylic acids is 2. The second kappa shape index (κ2) is 13.0. The molecule has 0 aliphatic heterocycles. The molecule has 2 N–H and O–H groups in total. The highest BCUT2D eigenvalue weighted by atomic mass is 32.1. The smallest absolute Gasteiger partial charge is 0.225 e. The number of hydrogen-bond donors (Lipinski definition) is 2. The molecule has 1 aromatic heterocycles. The fourth-order valence-electron chi connectivity index (χ4n) is 4.25. The van der Waals surface area contributed by atoms with E-state index in [9.17, 15) is 9.59 Å². The van der Waals surface area contributed by atoms with Crippen LogP contribution in [0.5, 0.6) is 5.75 Å². The van der Waals surface area contributed by atoms with E-state index in [4.69, 9.17) is 9.84 Å². The number of nitrogens with one attached hydrogen (secondary N) is 1. The number of benzene rings is 3. The molecule has 0 aliphatic carbocycles. The van der Waals surface area contributed by atoms with Crippen LogP contribution in [0, 0.1) is 0 Å². The number of ether oxygens (including phenoxy) is 1. The minimum absolute atomic E-state index is 0.0727. The highest BCUT2D eigenvalue weighted by Crippen LogP contribution is 2.36. The first-order chi connectivity index (χ1) is 18.1. The van der Waals surface area contributed by atoms with Gasteiger partial charge in [0.2, 0.25) is 5.91 Å². The number of rotatable bonds is 12. The van der Waals surface area contributed by atoms with Crippen molar-refractivity contribution in [2.24, 2.45) is 0 Å². The molecule has 0 aliphatic rings. The third-order valence-corrected chi connectivity index (χ3v) is 7.20. The van der Waals surface area contributed by atoms with Crippen LogP contribution < -0.4 is 10.1 Å². The minimum atomic E-state index is -0.186. The third kappa shape index (κ3) is 7.15. The number of ketones is 1. The van der Waals surface area contributed by atoms with Crippen molar-refractivity contribution < 1.29 is 19.4 Å². The fourth-order valence-corrected chi connectivity index (χ4v) is 5.39.